The number of likely N-dealkylation sites (tertiary alicyclic amines) is 1. The molecule has 8 heteroatoms. The van der Waals surface area contributed by atoms with Gasteiger partial charge < -0.3 is 20.1 Å². The van der Waals surface area contributed by atoms with Crippen LogP contribution in [-0.2, 0) is 17.9 Å². The van der Waals surface area contributed by atoms with Crippen molar-refractivity contribution in [1.82, 2.24) is 25.1 Å². The van der Waals surface area contributed by atoms with Gasteiger partial charge in [-0.05, 0) is 25.2 Å². The highest BCUT2D eigenvalue weighted by Gasteiger charge is 2.32. The number of guanidine groups is 1. The minimum Gasteiger partial charge on any atom is -0.352 e. The van der Waals surface area contributed by atoms with Crippen LogP contribution in [0.2, 0.25) is 0 Å². The fourth-order valence-electron chi connectivity index (χ4n) is 4.13. The average molecular weight is 502 g/mol. The standard InChI is InChI=1S/C20H34N6O.HI/c1-15(2)13-25-11-9-22-18(25)12-23-20(21-3)24-17-8-10-26(14-17)19(27)16-6-4-5-7-16;/h9,11,15-17H,4-8,10,12-14H2,1-3H3,(H2,21,23,24);1H. The molecule has 2 heterocycles. The van der Waals surface area contributed by atoms with Gasteiger partial charge >= 0.3 is 0 Å². The van der Waals surface area contributed by atoms with Crippen molar-refractivity contribution < 1.29 is 4.79 Å². The normalized spacial score (nSPS) is 20.5. The van der Waals surface area contributed by atoms with Gasteiger partial charge in [0.25, 0.3) is 0 Å². The third-order valence-electron chi connectivity index (χ3n) is 5.55. The van der Waals surface area contributed by atoms with Crippen molar-refractivity contribution >= 4 is 35.8 Å². The van der Waals surface area contributed by atoms with Crippen LogP contribution in [-0.4, -0.2) is 52.5 Å². The Morgan fingerprint density at radius 2 is 2.07 bits per heavy atom. The van der Waals surface area contributed by atoms with Crippen molar-refractivity contribution in [1.29, 1.82) is 0 Å². The molecule has 0 aromatic carbocycles. The maximum Gasteiger partial charge on any atom is 0.225 e. The van der Waals surface area contributed by atoms with Crippen LogP contribution in [0.25, 0.3) is 0 Å². The molecule has 3 rings (SSSR count). The van der Waals surface area contributed by atoms with Gasteiger partial charge in [-0.25, -0.2) is 4.98 Å². The van der Waals surface area contributed by atoms with Crippen LogP contribution < -0.4 is 10.6 Å². The molecule has 1 saturated carbocycles. The lowest BCUT2D eigenvalue weighted by Gasteiger charge is -2.21. The van der Waals surface area contributed by atoms with Gasteiger partial charge in [0.1, 0.15) is 5.82 Å². The first kappa shape index (κ1) is 23.0. The number of amides is 1. The first-order valence-electron chi connectivity index (χ1n) is 10.3. The SMILES string of the molecule is CN=C(NCc1nccn1CC(C)C)NC1CCN(C(=O)C2CCCC2)C1.I. The molecule has 1 aromatic rings. The van der Waals surface area contributed by atoms with Crippen molar-refractivity contribution in [2.45, 2.75) is 65.1 Å². The highest BCUT2D eigenvalue weighted by molar-refractivity contribution is 14.0. The Kier molecular flexibility index (Phi) is 9.04. The molecule has 7 nitrogen and oxygen atoms in total. The molecule has 28 heavy (non-hydrogen) atoms. The van der Waals surface area contributed by atoms with E-state index < -0.39 is 0 Å². The van der Waals surface area contributed by atoms with Crippen LogP contribution in [0.15, 0.2) is 17.4 Å². The van der Waals surface area contributed by atoms with Crippen molar-refractivity contribution in [2.24, 2.45) is 16.8 Å². The van der Waals surface area contributed by atoms with Gasteiger partial charge in [-0.3, -0.25) is 9.79 Å². The predicted octanol–water partition coefficient (Wildman–Crippen LogP) is 2.61. The van der Waals surface area contributed by atoms with Gasteiger partial charge in [0.05, 0.1) is 6.54 Å². The number of nitrogens with zero attached hydrogens (tertiary/aromatic N) is 4. The number of halogens is 1. The number of hydrogen-bond acceptors (Lipinski definition) is 3. The monoisotopic (exact) mass is 502 g/mol. The summed E-state index contributed by atoms with van der Waals surface area (Å²) < 4.78 is 2.18. The zero-order valence-corrected chi connectivity index (χ0v) is 19.7. The van der Waals surface area contributed by atoms with E-state index in [0.717, 1.165) is 50.7 Å². The van der Waals surface area contributed by atoms with Crippen LogP contribution >= 0.6 is 24.0 Å². The Morgan fingerprint density at radius 3 is 2.75 bits per heavy atom. The van der Waals surface area contributed by atoms with Gasteiger partial charge in [-0.1, -0.05) is 26.7 Å². The first-order chi connectivity index (χ1) is 13.1. The lowest BCUT2D eigenvalue weighted by Crippen LogP contribution is -2.45. The van der Waals surface area contributed by atoms with E-state index in [-0.39, 0.29) is 35.9 Å². The maximum atomic E-state index is 12.6. The molecule has 2 fully saturated rings. The molecule has 1 aliphatic heterocycles. The van der Waals surface area contributed by atoms with E-state index in [1.54, 1.807) is 7.05 Å². The molecule has 0 spiro atoms. The zero-order valence-electron chi connectivity index (χ0n) is 17.4. The molecule has 0 radical (unpaired) electrons. The Hall–Kier alpha value is -1.32. The minimum absolute atomic E-state index is 0. The van der Waals surface area contributed by atoms with Crippen molar-refractivity contribution in [3.05, 3.63) is 18.2 Å². The highest BCUT2D eigenvalue weighted by atomic mass is 127. The van der Waals surface area contributed by atoms with Gasteiger partial charge in [-0.15, -0.1) is 24.0 Å². The second-order valence-electron chi connectivity index (χ2n) is 8.21. The van der Waals surface area contributed by atoms with Crippen LogP contribution in [0.3, 0.4) is 0 Å². The Labute approximate surface area is 185 Å². The highest BCUT2D eigenvalue weighted by Crippen LogP contribution is 2.27. The summed E-state index contributed by atoms with van der Waals surface area (Å²) in [6, 6.07) is 0.261. The number of imidazole rings is 1. The summed E-state index contributed by atoms with van der Waals surface area (Å²) in [7, 11) is 1.78. The third kappa shape index (κ3) is 6.09. The molecular weight excluding hydrogens is 467 g/mol. The molecule has 2 N–H and O–H groups in total. The van der Waals surface area contributed by atoms with E-state index in [9.17, 15) is 4.79 Å². The van der Waals surface area contributed by atoms with Crippen LogP contribution in [0, 0.1) is 11.8 Å². The summed E-state index contributed by atoms with van der Waals surface area (Å²) in [5.74, 6) is 2.99. The first-order valence-corrected chi connectivity index (χ1v) is 10.3. The molecule has 2 aliphatic rings. The summed E-state index contributed by atoms with van der Waals surface area (Å²) >= 11 is 0. The van der Waals surface area contributed by atoms with E-state index in [1.807, 2.05) is 17.3 Å². The maximum absolute atomic E-state index is 12.6. The third-order valence-corrected chi connectivity index (χ3v) is 5.55. The fraction of sp³-hybridized carbons (Fsp3) is 0.750. The number of rotatable bonds is 6. The molecule has 1 amide bonds. The number of aliphatic imine (C=N–C) groups is 1. The van der Waals surface area contributed by atoms with E-state index in [2.05, 4.69) is 39.0 Å². The number of carbonyl (C=O) groups excluding carboxylic acids is 1. The van der Waals surface area contributed by atoms with E-state index >= 15 is 0 Å². The van der Waals surface area contributed by atoms with Gasteiger partial charge in [0.15, 0.2) is 5.96 Å². The van der Waals surface area contributed by atoms with Gasteiger partial charge in [-0.2, -0.15) is 0 Å². The lowest BCUT2D eigenvalue weighted by atomic mass is 10.1. The number of carbonyl (C=O) groups is 1. The number of hydrogen-bond donors (Lipinski definition) is 2. The minimum atomic E-state index is 0. The van der Waals surface area contributed by atoms with Crippen LogP contribution in [0.4, 0.5) is 0 Å². The second kappa shape index (κ2) is 11.0. The van der Waals surface area contributed by atoms with E-state index in [0.29, 0.717) is 18.4 Å². The molecular formula is C20H35IN6O. The van der Waals surface area contributed by atoms with Gasteiger partial charge in [0.2, 0.25) is 5.91 Å². The summed E-state index contributed by atoms with van der Waals surface area (Å²) in [6.45, 7) is 7.63. The van der Waals surface area contributed by atoms with Crippen molar-refractivity contribution in [3.8, 4) is 0 Å². The fourth-order valence-corrected chi connectivity index (χ4v) is 4.13. The Morgan fingerprint density at radius 1 is 1.32 bits per heavy atom. The largest absolute Gasteiger partial charge is 0.352 e. The molecule has 1 atom stereocenters. The quantitative estimate of drug-likeness (QED) is 0.357. The van der Waals surface area contributed by atoms with Crippen LogP contribution in [0.5, 0.6) is 0 Å². The molecule has 1 unspecified atom stereocenters. The molecule has 1 saturated heterocycles. The Balaban J connectivity index is 0.00000280. The van der Waals surface area contributed by atoms with Crippen LogP contribution in [0.1, 0.15) is 51.8 Å². The van der Waals surface area contributed by atoms with Crippen molar-refractivity contribution in [3.63, 3.8) is 0 Å². The Bertz CT molecular complexity index is 653. The zero-order chi connectivity index (χ0) is 19.2. The second-order valence-corrected chi connectivity index (χ2v) is 8.21. The average Bonchev–Trinajstić information content (AvgIpc) is 3.39. The number of aromatic nitrogens is 2. The topological polar surface area (TPSA) is 74.6 Å². The summed E-state index contributed by atoms with van der Waals surface area (Å²) in [4.78, 5) is 23.4. The lowest BCUT2D eigenvalue weighted by molar-refractivity contribution is -0.134. The smallest absolute Gasteiger partial charge is 0.225 e. The molecule has 1 aromatic heterocycles. The molecule has 158 valence electrons. The molecule has 1 aliphatic carbocycles. The predicted molar refractivity (Wildman–Crippen MR) is 123 cm³/mol. The van der Waals surface area contributed by atoms with E-state index in [4.69, 9.17) is 0 Å². The summed E-state index contributed by atoms with van der Waals surface area (Å²) in [5, 5.41) is 6.84. The molecule has 0 bridgehead atoms. The van der Waals surface area contributed by atoms with Crippen molar-refractivity contribution in [2.75, 3.05) is 20.1 Å². The summed E-state index contributed by atoms with van der Waals surface area (Å²) in [5.41, 5.74) is 0. The number of nitrogens with one attached hydrogen (secondary N) is 2. The van der Waals surface area contributed by atoms with E-state index in [1.165, 1.54) is 12.8 Å². The summed E-state index contributed by atoms with van der Waals surface area (Å²) in [6.07, 6.45) is 9.39. The van der Waals surface area contributed by atoms with Gasteiger partial charge in [0, 0.05) is 51.0 Å².